The predicted molar refractivity (Wildman–Crippen MR) is 145 cm³/mol. The van der Waals surface area contributed by atoms with Gasteiger partial charge in [-0.15, -0.1) is 0 Å². The molecule has 0 bridgehead atoms. The lowest BCUT2D eigenvalue weighted by atomic mass is 10.1. The Kier molecular flexibility index (Phi) is 8.25. The van der Waals surface area contributed by atoms with Crippen LogP contribution in [0.3, 0.4) is 0 Å². The molecule has 4 rings (SSSR count). The number of hydrazone groups is 1. The number of hydrogen-bond donors (Lipinski definition) is 2. The van der Waals surface area contributed by atoms with Crippen LogP contribution in [0.5, 0.6) is 11.5 Å². The third-order valence-electron chi connectivity index (χ3n) is 5.52. The lowest BCUT2D eigenvalue weighted by Gasteiger charge is -2.10. The second kappa shape index (κ2) is 12.1. The van der Waals surface area contributed by atoms with E-state index in [0.29, 0.717) is 33.9 Å². The minimum absolute atomic E-state index is 0.227. The Labute approximate surface area is 219 Å². The quantitative estimate of drug-likeness (QED) is 0.147. The van der Waals surface area contributed by atoms with Crippen LogP contribution < -0.4 is 20.2 Å². The number of nitrogens with zero attached hydrogens (tertiary/aromatic N) is 1. The van der Waals surface area contributed by atoms with E-state index in [1.54, 1.807) is 98.1 Å². The molecule has 0 unspecified atom stereocenters. The Balaban J connectivity index is 1.44. The van der Waals surface area contributed by atoms with Gasteiger partial charge < -0.3 is 14.8 Å². The van der Waals surface area contributed by atoms with Gasteiger partial charge >= 0.3 is 5.97 Å². The average Bonchev–Trinajstić information content (AvgIpc) is 2.94. The molecule has 0 spiro atoms. The number of amides is 2. The van der Waals surface area contributed by atoms with Gasteiger partial charge in [-0.05, 0) is 67.6 Å². The molecule has 0 saturated carbocycles. The fourth-order valence-electron chi connectivity index (χ4n) is 3.56. The van der Waals surface area contributed by atoms with Crippen molar-refractivity contribution < 1.29 is 23.9 Å². The van der Waals surface area contributed by atoms with Gasteiger partial charge in [0, 0.05) is 11.1 Å². The van der Waals surface area contributed by atoms with Crippen LogP contribution in [0.4, 0.5) is 5.69 Å². The number of hydrogen-bond acceptors (Lipinski definition) is 6. The number of benzene rings is 4. The second-order valence-electron chi connectivity index (χ2n) is 8.22. The molecule has 2 amide bonds. The molecule has 8 heteroatoms. The van der Waals surface area contributed by atoms with Crippen LogP contribution in [-0.4, -0.2) is 31.1 Å². The van der Waals surface area contributed by atoms with Gasteiger partial charge in [0.1, 0.15) is 11.5 Å². The Morgan fingerprint density at radius 1 is 0.789 bits per heavy atom. The molecule has 38 heavy (non-hydrogen) atoms. The van der Waals surface area contributed by atoms with Gasteiger partial charge in [0.25, 0.3) is 11.8 Å². The lowest BCUT2D eigenvalue weighted by Crippen LogP contribution is -2.21. The van der Waals surface area contributed by atoms with Crippen molar-refractivity contribution in [2.24, 2.45) is 5.10 Å². The van der Waals surface area contributed by atoms with Crippen LogP contribution in [0.15, 0.2) is 102 Å². The van der Waals surface area contributed by atoms with E-state index in [2.05, 4.69) is 15.8 Å². The average molecular weight is 508 g/mol. The van der Waals surface area contributed by atoms with Crippen molar-refractivity contribution in [2.45, 2.75) is 6.92 Å². The van der Waals surface area contributed by atoms with E-state index in [1.165, 1.54) is 6.21 Å². The first-order chi connectivity index (χ1) is 18.4. The highest BCUT2D eigenvalue weighted by atomic mass is 16.5. The van der Waals surface area contributed by atoms with E-state index >= 15 is 0 Å². The third-order valence-corrected chi connectivity index (χ3v) is 5.52. The van der Waals surface area contributed by atoms with Gasteiger partial charge in [-0.1, -0.05) is 42.0 Å². The van der Waals surface area contributed by atoms with Crippen molar-refractivity contribution in [3.8, 4) is 11.5 Å². The van der Waals surface area contributed by atoms with Gasteiger partial charge in [-0.2, -0.15) is 5.10 Å². The first kappa shape index (κ1) is 25.8. The number of rotatable bonds is 8. The van der Waals surface area contributed by atoms with Crippen molar-refractivity contribution in [3.63, 3.8) is 0 Å². The molecule has 0 aliphatic rings. The molecule has 0 aliphatic carbocycles. The summed E-state index contributed by atoms with van der Waals surface area (Å²) in [5, 5.41) is 6.78. The summed E-state index contributed by atoms with van der Waals surface area (Å²) >= 11 is 0. The maximum Gasteiger partial charge on any atom is 0.343 e. The number of methoxy groups -OCH3 is 1. The molecule has 0 fully saturated rings. The van der Waals surface area contributed by atoms with E-state index in [-0.39, 0.29) is 11.5 Å². The fourth-order valence-corrected chi connectivity index (χ4v) is 3.56. The van der Waals surface area contributed by atoms with Crippen LogP contribution in [0.25, 0.3) is 0 Å². The maximum absolute atomic E-state index is 12.9. The number of carbonyl (C=O) groups excluding carboxylic acids is 3. The SMILES string of the molecule is COc1ccc(C(=O)Nc2ccccc2C(=O)N/N=C\c2ccccc2OC(=O)c2cccc(C)c2)cc1. The third kappa shape index (κ3) is 6.50. The summed E-state index contributed by atoms with van der Waals surface area (Å²) in [5.74, 6) is -0.475. The molecular weight excluding hydrogens is 482 g/mol. The monoisotopic (exact) mass is 507 g/mol. The Bertz CT molecular complexity index is 1500. The number of ether oxygens (including phenoxy) is 2. The number of aryl methyl sites for hydroxylation is 1. The number of carbonyl (C=O) groups is 3. The smallest absolute Gasteiger partial charge is 0.343 e. The lowest BCUT2D eigenvalue weighted by molar-refractivity contribution is 0.0733. The van der Waals surface area contributed by atoms with Crippen LogP contribution in [0.1, 0.15) is 42.2 Å². The van der Waals surface area contributed by atoms with E-state index in [1.807, 2.05) is 13.0 Å². The molecular formula is C30H25N3O5. The van der Waals surface area contributed by atoms with Gasteiger partial charge in [0.15, 0.2) is 0 Å². The molecule has 0 saturated heterocycles. The predicted octanol–water partition coefficient (Wildman–Crippen LogP) is 5.24. The summed E-state index contributed by atoms with van der Waals surface area (Å²) in [6, 6.07) is 27.1. The summed E-state index contributed by atoms with van der Waals surface area (Å²) in [7, 11) is 1.54. The highest BCUT2D eigenvalue weighted by Gasteiger charge is 2.15. The zero-order valence-electron chi connectivity index (χ0n) is 20.8. The summed E-state index contributed by atoms with van der Waals surface area (Å²) in [5.41, 5.74) is 5.29. The van der Waals surface area contributed by atoms with Gasteiger partial charge in [0.2, 0.25) is 0 Å². The fraction of sp³-hybridized carbons (Fsp3) is 0.0667. The normalized spacial score (nSPS) is 10.6. The van der Waals surface area contributed by atoms with E-state index in [9.17, 15) is 14.4 Å². The Morgan fingerprint density at radius 3 is 2.29 bits per heavy atom. The molecule has 0 aromatic heterocycles. The van der Waals surface area contributed by atoms with Crippen LogP contribution in [0.2, 0.25) is 0 Å². The molecule has 0 aliphatic heterocycles. The molecule has 0 radical (unpaired) electrons. The molecule has 0 atom stereocenters. The molecule has 4 aromatic rings. The highest BCUT2D eigenvalue weighted by Crippen LogP contribution is 2.20. The van der Waals surface area contributed by atoms with Gasteiger partial charge in [-0.3, -0.25) is 9.59 Å². The maximum atomic E-state index is 12.9. The van der Waals surface area contributed by atoms with Crippen molar-refractivity contribution >= 4 is 29.7 Å². The molecule has 190 valence electrons. The number of anilines is 1. The Morgan fingerprint density at radius 2 is 1.53 bits per heavy atom. The van der Waals surface area contributed by atoms with Gasteiger partial charge in [-0.25, -0.2) is 10.2 Å². The minimum atomic E-state index is -0.527. The van der Waals surface area contributed by atoms with E-state index in [0.717, 1.165) is 5.56 Å². The van der Waals surface area contributed by atoms with Crippen molar-refractivity contribution in [1.82, 2.24) is 5.43 Å². The molecule has 4 aromatic carbocycles. The zero-order valence-corrected chi connectivity index (χ0v) is 20.8. The van der Waals surface area contributed by atoms with Crippen LogP contribution in [0, 0.1) is 6.92 Å². The van der Waals surface area contributed by atoms with Crippen LogP contribution in [-0.2, 0) is 0 Å². The largest absolute Gasteiger partial charge is 0.497 e. The van der Waals surface area contributed by atoms with E-state index in [4.69, 9.17) is 9.47 Å². The zero-order chi connectivity index (χ0) is 26.9. The minimum Gasteiger partial charge on any atom is -0.497 e. The summed E-state index contributed by atoms with van der Waals surface area (Å²) in [6.45, 7) is 1.89. The molecule has 8 nitrogen and oxygen atoms in total. The number of esters is 1. The topological polar surface area (TPSA) is 106 Å². The van der Waals surface area contributed by atoms with E-state index < -0.39 is 11.9 Å². The number of para-hydroxylation sites is 2. The first-order valence-electron chi connectivity index (χ1n) is 11.7. The van der Waals surface area contributed by atoms with Crippen molar-refractivity contribution in [2.75, 3.05) is 12.4 Å². The summed E-state index contributed by atoms with van der Waals surface area (Å²) in [6.07, 6.45) is 1.38. The van der Waals surface area contributed by atoms with Crippen LogP contribution >= 0.6 is 0 Å². The summed E-state index contributed by atoms with van der Waals surface area (Å²) in [4.78, 5) is 38.1. The molecule has 0 heterocycles. The summed E-state index contributed by atoms with van der Waals surface area (Å²) < 4.78 is 10.7. The first-order valence-corrected chi connectivity index (χ1v) is 11.7. The van der Waals surface area contributed by atoms with Crippen molar-refractivity contribution in [3.05, 3.63) is 125 Å². The second-order valence-corrected chi connectivity index (χ2v) is 8.22. The Hall–Kier alpha value is -5.24. The highest BCUT2D eigenvalue weighted by molar-refractivity contribution is 6.09. The molecule has 2 N–H and O–H groups in total. The van der Waals surface area contributed by atoms with Crippen molar-refractivity contribution in [1.29, 1.82) is 0 Å². The van der Waals surface area contributed by atoms with Gasteiger partial charge in [0.05, 0.1) is 30.1 Å². The number of nitrogens with one attached hydrogen (secondary N) is 2. The standard InChI is InChI=1S/C30H25N3O5/c1-20-8-7-10-22(18-20)30(36)38-27-13-6-3-9-23(27)19-31-33-29(35)25-11-4-5-12-26(25)32-28(34)21-14-16-24(37-2)17-15-21/h3-19H,1-2H3,(H,32,34)(H,33,35)/b31-19-.